The maximum absolute atomic E-state index is 12.9. The van der Waals surface area contributed by atoms with Gasteiger partial charge in [0.25, 0.3) is 0 Å². The molecule has 2 aliphatic heterocycles. The Kier molecular flexibility index (Phi) is 5.07. The molecule has 1 amide bonds. The van der Waals surface area contributed by atoms with Crippen molar-refractivity contribution in [3.8, 4) is 11.5 Å². The Hall–Kier alpha value is -2.83. The number of aryl methyl sites for hydroxylation is 2. The van der Waals surface area contributed by atoms with Gasteiger partial charge in [0, 0.05) is 30.1 Å². The number of fused-ring (bicyclic) bond motifs is 1. The Balaban J connectivity index is 1.36. The van der Waals surface area contributed by atoms with Crippen LogP contribution in [-0.2, 0) is 11.2 Å². The maximum atomic E-state index is 12.9. The van der Waals surface area contributed by atoms with Gasteiger partial charge in [0.1, 0.15) is 19.0 Å². The van der Waals surface area contributed by atoms with Crippen molar-refractivity contribution in [3.05, 3.63) is 40.8 Å². The minimum Gasteiger partial charge on any atom is -0.486 e. The number of benzene rings is 1. The van der Waals surface area contributed by atoms with Crippen LogP contribution in [0.1, 0.15) is 40.2 Å². The second-order valence-electron chi connectivity index (χ2n) is 7.36. The highest BCUT2D eigenvalue weighted by molar-refractivity contribution is 5.98. The number of rotatable bonds is 4. The highest BCUT2D eigenvalue weighted by Crippen LogP contribution is 2.32. The van der Waals surface area contributed by atoms with Crippen LogP contribution in [0.15, 0.2) is 22.7 Å². The molecule has 1 fully saturated rings. The smallest absolute Gasteiger partial charge is 0.227 e. The molecule has 0 spiro atoms. The zero-order valence-electron chi connectivity index (χ0n) is 16.2. The number of piperidine rings is 1. The third-order valence-electron chi connectivity index (χ3n) is 5.55. The molecular formula is C21H24N2O5. The van der Waals surface area contributed by atoms with Gasteiger partial charge in [-0.2, -0.15) is 0 Å². The number of ketones is 1. The van der Waals surface area contributed by atoms with Crippen molar-refractivity contribution in [1.29, 1.82) is 0 Å². The van der Waals surface area contributed by atoms with Gasteiger partial charge in [-0.05, 0) is 44.9 Å². The summed E-state index contributed by atoms with van der Waals surface area (Å²) >= 11 is 0. The van der Waals surface area contributed by atoms with Crippen molar-refractivity contribution >= 4 is 11.7 Å². The molecule has 0 bridgehead atoms. The van der Waals surface area contributed by atoms with E-state index in [-0.39, 0.29) is 17.6 Å². The van der Waals surface area contributed by atoms with Gasteiger partial charge < -0.3 is 18.9 Å². The van der Waals surface area contributed by atoms with Crippen molar-refractivity contribution in [1.82, 2.24) is 10.1 Å². The van der Waals surface area contributed by atoms with Gasteiger partial charge in [-0.25, -0.2) is 0 Å². The van der Waals surface area contributed by atoms with Gasteiger partial charge in [0.15, 0.2) is 17.3 Å². The minimum absolute atomic E-state index is 0.0552. The fourth-order valence-corrected chi connectivity index (χ4v) is 3.84. The lowest BCUT2D eigenvalue weighted by Gasteiger charge is -2.31. The van der Waals surface area contributed by atoms with Crippen LogP contribution in [-0.4, -0.2) is 48.1 Å². The number of aromatic nitrogens is 1. The number of carbonyl (C=O) groups excluding carboxylic acids is 2. The van der Waals surface area contributed by atoms with E-state index in [4.69, 9.17) is 14.0 Å². The first-order chi connectivity index (χ1) is 13.5. The maximum Gasteiger partial charge on any atom is 0.227 e. The fourth-order valence-electron chi connectivity index (χ4n) is 3.84. The molecule has 7 heteroatoms. The number of hydrogen-bond acceptors (Lipinski definition) is 6. The van der Waals surface area contributed by atoms with Gasteiger partial charge in [0.05, 0.1) is 12.1 Å². The summed E-state index contributed by atoms with van der Waals surface area (Å²) in [5.41, 5.74) is 2.26. The Morgan fingerprint density at radius 3 is 2.50 bits per heavy atom. The first-order valence-electron chi connectivity index (χ1n) is 9.66. The van der Waals surface area contributed by atoms with Crippen LogP contribution >= 0.6 is 0 Å². The number of hydrogen-bond donors (Lipinski definition) is 0. The van der Waals surface area contributed by atoms with Crippen molar-refractivity contribution in [2.24, 2.45) is 5.92 Å². The average Bonchev–Trinajstić information content (AvgIpc) is 3.05. The summed E-state index contributed by atoms with van der Waals surface area (Å²) in [5.74, 6) is 2.08. The van der Waals surface area contributed by atoms with E-state index in [0.717, 1.165) is 11.3 Å². The van der Waals surface area contributed by atoms with Crippen LogP contribution in [0.25, 0.3) is 0 Å². The summed E-state index contributed by atoms with van der Waals surface area (Å²) in [7, 11) is 0. The summed E-state index contributed by atoms with van der Waals surface area (Å²) in [5, 5.41) is 3.90. The summed E-state index contributed by atoms with van der Waals surface area (Å²) in [4.78, 5) is 27.3. The zero-order chi connectivity index (χ0) is 19.7. The Bertz CT molecular complexity index is 877. The normalized spacial score (nSPS) is 16.9. The Labute approximate surface area is 163 Å². The molecule has 1 aromatic heterocycles. The predicted octanol–water partition coefficient (Wildman–Crippen LogP) is 2.73. The van der Waals surface area contributed by atoms with Gasteiger partial charge >= 0.3 is 0 Å². The van der Waals surface area contributed by atoms with Crippen molar-refractivity contribution < 1.29 is 23.6 Å². The molecular weight excluding hydrogens is 360 g/mol. The van der Waals surface area contributed by atoms with Crippen LogP contribution in [0.5, 0.6) is 11.5 Å². The lowest BCUT2D eigenvalue weighted by Crippen LogP contribution is -2.41. The molecule has 4 rings (SSSR count). The molecule has 148 valence electrons. The lowest BCUT2D eigenvalue weighted by atomic mass is 9.88. The highest BCUT2D eigenvalue weighted by Gasteiger charge is 2.29. The molecule has 0 N–H and O–H groups in total. The number of amides is 1. The summed E-state index contributed by atoms with van der Waals surface area (Å²) in [6.07, 6.45) is 1.63. The molecule has 28 heavy (non-hydrogen) atoms. The van der Waals surface area contributed by atoms with Crippen molar-refractivity contribution in [2.75, 3.05) is 26.3 Å². The topological polar surface area (TPSA) is 81.9 Å². The van der Waals surface area contributed by atoms with E-state index in [2.05, 4.69) is 5.16 Å². The van der Waals surface area contributed by atoms with E-state index in [9.17, 15) is 9.59 Å². The monoisotopic (exact) mass is 384 g/mol. The van der Waals surface area contributed by atoms with E-state index in [1.165, 1.54) is 0 Å². The SMILES string of the molecule is Cc1noc(C)c1CC(=O)N1CCC(C(=O)c2ccc3c(c2)OCCO3)CC1. The number of Topliss-reactive ketones (excluding diaryl/α,β-unsaturated/α-hetero) is 1. The molecule has 0 radical (unpaired) electrons. The summed E-state index contributed by atoms with van der Waals surface area (Å²) in [6.45, 7) is 5.86. The molecule has 0 atom stereocenters. The molecule has 3 heterocycles. The van der Waals surface area contributed by atoms with E-state index in [1.54, 1.807) is 18.2 Å². The fraction of sp³-hybridized carbons (Fsp3) is 0.476. The molecule has 1 aromatic carbocycles. The van der Waals surface area contributed by atoms with Gasteiger partial charge in [0.2, 0.25) is 5.91 Å². The van der Waals surface area contributed by atoms with Crippen LogP contribution in [0, 0.1) is 19.8 Å². The number of carbonyl (C=O) groups is 2. The molecule has 2 aliphatic rings. The standard InChI is InChI=1S/C21H24N2O5/c1-13-17(14(2)28-22-13)12-20(24)23-7-5-15(6-8-23)21(25)16-3-4-18-19(11-16)27-10-9-26-18/h3-4,11,15H,5-10,12H2,1-2H3. The third kappa shape index (κ3) is 3.61. The van der Waals surface area contributed by atoms with E-state index in [0.29, 0.717) is 68.4 Å². The third-order valence-corrected chi connectivity index (χ3v) is 5.55. The molecule has 0 saturated carbocycles. The zero-order valence-corrected chi connectivity index (χ0v) is 16.2. The largest absolute Gasteiger partial charge is 0.486 e. The Morgan fingerprint density at radius 2 is 1.82 bits per heavy atom. The van der Waals surface area contributed by atoms with E-state index in [1.807, 2.05) is 18.7 Å². The second kappa shape index (κ2) is 7.66. The van der Waals surface area contributed by atoms with Crippen molar-refractivity contribution in [3.63, 3.8) is 0 Å². The van der Waals surface area contributed by atoms with E-state index >= 15 is 0 Å². The Morgan fingerprint density at radius 1 is 1.11 bits per heavy atom. The molecule has 2 aromatic rings. The first-order valence-corrected chi connectivity index (χ1v) is 9.66. The quantitative estimate of drug-likeness (QED) is 0.754. The highest BCUT2D eigenvalue weighted by atomic mass is 16.6. The van der Waals surface area contributed by atoms with E-state index < -0.39 is 0 Å². The molecule has 0 aliphatic carbocycles. The number of likely N-dealkylation sites (tertiary alicyclic amines) is 1. The number of nitrogens with zero attached hydrogens (tertiary/aromatic N) is 2. The molecule has 0 unspecified atom stereocenters. The summed E-state index contributed by atoms with van der Waals surface area (Å²) in [6, 6.07) is 5.36. The van der Waals surface area contributed by atoms with Crippen LogP contribution in [0.2, 0.25) is 0 Å². The van der Waals surface area contributed by atoms with Crippen LogP contribution in [0.4, 0.5) is 0 Å². The lowest BCUT2D eigenvalue weighted by molar-refractivity contribution is -0.131. The molecule has 1 saturated heterocycles. The van der Waals surface area contributed by atoms with Crippen molar-refractivity contribution in [2.45, 2.75) is 33.1 Å². The van der Waals surface area contributed by atoms with Crippen LogP contribution in [0.3, 0.4) is 0 Å². The summed E-state index contributed by atoms with van der Waals surface area (Å²) < 4.78 is 16.2. The minimum atomic E-state index is -0.0781. The van der Waals surface area contributed by atoms with Gasteiger partial charge in [-0.1, -0.05) is 5.16 Å². The van der Waals surface area contributed by atoms with Gasteiger partial charge in [-0.3, -0.25) is 9.59 Å². The van der Waals surface area contributed by atoms with Gasteiger partial charge in [-0.15, -0.1) is 0 Å². The molecule has 7 nitrogen and oxygen atoms in total. The average molecular weight is 384 g/mol. The number of ether oxygens (including phenoxy) is 2. The second-order valence-corrected chi connectivity index (χ2v) is 7.36. The first kappa shape index (κ1) is 18.5. The van der Waals surface area contributed by atoms with Crippen LogP contribution < -0.4 is 9.47 Å². The predicted molar refractivity (Wildman–Crippen MR) is 101 cm³/mol.